The predicted molar refractivity (Wildman–Crippen MR) is 73.0 cm³/mol. The molecule has 18 heavy (non-hydrogen) atoms. The zero-order valence-corrected chi connectivity index (χ0v) is 11.8. The van der Waals surface area contributed by atoms with E-state index in [9.17, 15) is 8.42 Å². The van der Waals surface area contributed by atoms with Gasteiger partial charge in [-0.25, -0.2) is 8.42 Å². The molecule has 5 atom stereocenters. The lowest BCUT2D eigenvalue weighted by molar-refractivity contribution is 0.200. The first-order chi connectivity index (χ1) is 8.53. The number of nitrogens with one attached hydrogen (secondary N) is 1. The van der Waals surface area contributed by atoms with Crippen molar-refractivity contribution < 1.29 is 8.42 Å². The van der Waals surface area contributed by atoms with Crippen LogP contribution in [0.4, 0.5) is 0 Å². The minimum absolute atomic E-state index is 0.0432. The lowest BCUT2D eigenvalue weighted by atomic mass is 9.93. The molecule has 0 aromatic heterocycles. The van der Waals surface area contributed by atoms with Gasteiger partial charge in [-0.3, -0.25) is 0 Å². The van der Waals surface area contributed by atoms with Crippen LogP contribution in [0.2, 0.25) is 0 Å². The first-order valence-corrected chi connectivity index (χ1v) is 9.06. The molecular formula is C12H18N2O2S2. The van der Waals surface area contributed by atoms with E-state index in [4.69, 9.17) is 12.2 Å². The molecule has 2 saturated carbocycles. The average Bonchev–Trinajstić information content (AvgIpc) is 2.96. The van der Waals surface area contributed by atoms with Crippen LogP contribution in [0, 0.1) is 11.8 Å². The van der Waals surface area contributed by atoms with Crippen LogP contribution < -0.4 is 5.32 Å². The summed E-state index contributed by atoms with van der Waals surface area (Å²) in [6.07, 6.45) is 5.21. The molecule has 2 heterocycles. The first kappa shape index (κ1) is 11.5. The molecule has 100 valence electrons. The molecular weight excluding hydrogens is 268 g/mol. The fraction of sp³-hybridized carbons (Fsp3) is 0.917. The molecule has 6 heteroatoms. The fourth-order valence-corrected chi connectivity index (χ4v) is 6.90. The van der Waals surface area contributed by atoms with Crippen molar-refractivity contribution in [3.63, 3.8) is 0 Å². The van der Waals surface area contributed by atoms with Gasteiger partial charge >= 0.3 is 0 Å². The van der Waals surface area contributed by atoms with Crippen LogP contribution in [0.1, 0.15) is 25.7 Å². The van der Waals surface area contributed by atoms with Crippen molar-refractivity contribution >= 4 is 27.2 Å². The number of hydrogen-bond donors (Lipinski definition) is 1. The van der Waals surface area contributed by atoms with Gasteiger partial charge < -0.3 is 10.2 Å². The Bertz CT molecular complexity index is 504. The van der Waals surface area contributed by atoms with E-state index in [1.807, 2.05) is 0 Å². The molecule has 0 aromatic rings. The Kier molecular flexibility index (Phi) is 2.29. The molecule has 4 fully saturated rings. The summed E-state index contributed by atoms with van der Waals surface area (Å²) in [5, 5.41) is 4.04. The van der Waals surface area contributed by atoms with Crippen LogP contribution in [0.15, 0.2) is 0 Å². The van der Waals surface area contributed by atoms with Crippen LogP contribution in [-0.4, -0.2) is 48.1 Å². The molecule has 2 bridgehead atoms. The molecule has 2 saturated heterocycles. The monoisotopic (exact) mass is 286 g/mol. The number of nitrogens with zero attached hydrogens (tertiary/aromatic N) is 1. The van der Waals surface area contributed by atoms with Crippen molar-refractivity contribution in [1.82, 2.24) is 10.2 Å². The molecule has 1 N–H and O–H groups in total. The zero-order valence-electron chi connectivity index (χ0n) is 10.2. The number of rotatable bonds is 1. The minimum Gasteiger partial charge on any atom is -0.357 e. The summed E-state index contributed by atoms with van der Waals surface area (Å²) in [7, 11) is -2.87. The second kappa shape index (κ2) is 3.60. The average molecular weight is 286 g/mol. The summed E-state index contributed by atoms with van der Waals surface area (Å²) in [6, 6.07) is 0.653. The second-order valence-electron chi connectivity index (χ2n) is 6.35. The zero-order chi connectivity index (χ0) is 12.5. The highest BCUT2D eigenvalue weighted by molar-refractivity contribution is 7.91. The standard InChI is InChI=1S/C12H18N2O2S2/c15-18(16)5-9-11(6-18)14(12(17)13-9)10-4-7-1-2-8(10)3-7/h7-11H,1-6H2,(H,13,17)/t7-,8-,9-,10+,11-/m0/s1. The Labute approximate surface area is 113 Å². The third-order valence-electron chi connectivity index (χ3n) is 5.28. The normalized spacial score (nSPS) is 48.6. The predicted octanol–water partition coefficient (Wildman–Crippen LogP) is 0.531. The van der Waals surface area contributed by atoms with E-state index in [0.717, 1.165) is 16.9 Å². The maximum atomic E-state index is 11.8. The van der Waals surface area contributed by atoms with Gasteiger partial charge in [0.05, 0.1) is 23.6 Å². The van der Waals surface area contributed by atoms with E-state index < -0.39 is 9.84 Å². The summed E-state index contributed by atoms with van der Waals surface area (Å²) >= 11 is 5.44. The minimum atomic E-state index is -2.87. The van der Waals surface area contributed by atoms with Crippen molar-refractivity contribution in [2.24, 2.45) is 11.8 Å². The molecule has 0 unspecified atom stereocenters. The lowest BCUT2D eigenvalue weighted by Crippen LogP contribution is -2.46. The summed E-state index contributed by atoms with van der Waals surface area (Å²) < 4.78 is 23.5. The molecule has 4 nitrogen and oxygen atoms in total. The highest BCUT2D eigenvalue weighted by Crippen LogP contribution is 2.48. The molecule has 0 aromatic carbocycles. The van der Waals surface area contributed by atoms with Crippen molar-refractivity contribution in [2.45, 2.75) is 43.8 Å². The van der Waals surface area contributed by atoms with Gasteiger partial charge in [0.15, 0.2) is 14.9 Å². The number of fused-ring (bicyclic) bond motifs is 3. The van der Waals surface area contributed by atoms with Gasteiger partial charge in [-0.05, 0) is 43.3 Å². The van der Waals surface area contributed by atoms with Crippen molar-refractivity contribution in [1.29, 1.82) is 0 Å². The summed E-state index contributed by atoms with van der Waals surface area (Å²) in [5.74, 6) is 2.16. The third kappa shape index (κ3) is 1.54. The molecule has 2 aliphatic carbocycles. The smallest absolute Gasteiger partial charge is 0.169 e. The number of sulfone groups is 1. The Morgan fingerprint density at radius 1 is 1.17 bits per heavy atom. The number of hydrogen-bond acceptors (Lipinski definition) is 3. The molecule has 0 amide bonds. The summed E-state index contributed by atoms with van der Waals surface area (Å²) in [5.41, 5.74) is 0. The van der Waals surface area contributed by atoms with E-state index in [0.29, 0.717) is 11.8 Å². The molecule has 0 radical (unpaired) electrons. The van der Waals surface area contributed by atoms with E-state index in [2.05, 4.69) is 10.2 Å². The SMILES string of the molecule is O=S1(=O)C[C@@H]2NC(=S)N([C@@H]3C[C@H]4CC[C@H]3C4)[C@H]2C1. The topological polar surface area (TPSA) is 49.4 Å². The lowest BCUT2D eigenvalue weighted by Gasteiger charge is -2.35. The van der Waals surface area contributed by atoms with Gasteiger partial charge in [0.25, 0.3) is 0 Å². The van der Waals surface area contributed by atoms with Gasteiger partial charge in [-0.1, -0.05) is 6.42 Å². The molecule has 4 rings (SSSR count). The Morgan fingerprint density at radius 2 is 2.00 bits per heavy atom. The van der Waals surface area contributed by atoms with Crippen LogP contribution in [-0.2, 0) is 9.84 Å². The van der Waals surface area contributed by atoms with Crippen LogP contribution in [0.5, 0.6) is 0 Å². The van der Waals surface area contributed by atoms with Crippen molar-refractivity contribution in [2.75, 3.05) is 11.5 Å². The molecule has 0 spiro atoms. The summed E-state index contributed by atoms with van der Waals surface area (Å²) in [6.45, 7) is 0. The van der Waals surface area contributed by atoms with Crippen molar-refractivity contribution in [3.8, 4) is 0 Å². The van der Waals surface area contributed by atoms with Gasteiger partial charge in [-0.15, -0.1) is 0 Å². The van der Waals surface area contributed by atoms with Crippen LogP contribution in [0.3, 0.4) is 0 Å². The fourth-order valence-electron chi connectivity index (χ4n) is 4.57. The van der Waals surface area contributed by atoms with Gasteiger partial charge in [0.1, 0.15) is 0 Å². The maximum absolute atomic E-state index is 11.8. The Morgan fingerprint density at radius 3 is 2.67 bits per heavy atom. The number of thiocarbonyl (C=S) groups is 1. The van der Waals surface area contributed by atoms with E-state index in [1.165, 1.54) is 25.7 Å². The molecule has 2 aliphatic heterocycles. The van der Waals surface area contributed by atoms with Gasteiger partial charge in [-0.2, -0.15) is 0 Å². The maximum Gasteiger partial charge on any atom is 0.169 e. The first-order valence-electron chi connectivity index (χ1n) is 6.83. The Balaban J connectivity index is 1.62. The Hall–Kier alpha value is -0.360. The van der Waals surface area contributed by atoms with Crippen LogP contribution in [0.25, 0.3) is 0 Å². The molecule has 4 aliphatic rings. The largest absolute Gasteiger partial charge is 0.357 e. The third-order valence-corrected chi connectivity index (χ3v) is 7.33. The second-order valence-corrected chi connectivity index (χ2v) is 8.89. The van der Waals surface area contributed by atoms with E-state index >= 15 is 0 Å². The quantitative estimate of drug-likeness (QED) is 0.713. The van der Waals surface area contributed by atoms with Crippen LogP contribution >= 0.6 is 12.2 Å². The summed E-state index contributed by atoms with van der Waals surface area (Å²) in [4.78, 5) is 2.26. The van der Waals surface area contributed by atoms with Gasteiger partial charge in [0, 0.05) is 6.04 Å². The van der Waals surface area contributed by atoms with Gasteiger partial charge in [0.2, 0.25) is 0 Å². The highest BCUT2D eigenvalue weighted by Gasteiger charge is 2.53. The van der Waals surface area contributed by atoms with E-state index in [-0.39, 0.29) is 17.8 Å². The highest BCUT2D eigenvalue weighted by atomic mass is 32.2. The van der Waals surface area contributed by atoms with Crippen molar-refractivity contribution in [3.05, 3.63) is 0 Å². The van der Waals surface area contributed by atoms with E-state index in [1.54, 1.807) is 0 Å².